The van der Waals surface area contributed by atoms with Crippen molar-refractivity contribution in [1.82, 2.24) is 15.1 Å². The van der Waals surface area contributed by atoms with E-state index >= 15 is 0 Å². The number of hydrogen-bond acceptors (Lipinski definition) is 3. The van der Waals surface area contributed by atoms with E-state index in [-0.39, 0.29) is 35.2 Å². The van der Waals surface area contributed by atoms with Gasteiger partial charge in [0.05, 0.1) is 12.0 Å². The maximum Gasteiger partial charge on any atom is 0.242 e. The summed E-state index contributed by atoms with van der Waals surface area (Å²) in [6.45, 7) is 3.12. The number of carbonyl (C=O) groups is 3. The summed E-state index contributed by atoms with van der Waals surface area (Å²) in [6.07, 6.45) is 16.2. The number of amides is 3. The van der Waals surface area contributed by atoms with Crippen molar-refractivity contribution in [2.45, 2.75) is 108 Å². The molecule has 6 nitrogen and oxygen atoms in total. The van der Waals surface area contributed by atoms with Crippen molar-refractivity contribution >= 4 is 17.7 Å². The zero-order valence-electron chi connectivity index (χ0n) is 18.7. The third-order valence-electron chi connectivity index (χ3n) is 7.99. The monoisotopic (exact) mass is 417 g/mol. The van der Waals surface area contributed by atoms with Crippen LogP contribution in [0.15, 0.2) is 0 Å². The molecule has 1 heterocycles. The second kappa shape index (κ2) is 8.88. The molecule has 0 spiro atoms. The zero-order valence-corrected chi connectivity index (χ0v) is 18.7. The van der Waals surface area contributed by atoms with E-state index in [1.165, 1.54) is 64.7 Å². The van der Waals surface area contributed by atoms with Crippen LogP contribution in [-0.4, -0.2) is 58.7 Å². The average Bonchev–Trinajstić information content (AvgIpc) is 2.63. The first-order valence-corrected chi connectivity index (χ1v) is 12.3. The fraction of sp³-hybridized carbons (Fsp3) is 0.875. The topological polar surface area (TPSA) is 69.7 Å². The van der Waals surface area contributed by atoms with Gasteiger partial charge in [0.1, 0.15) is 0 Å². The van der Waals surface area contributed by atoms with Gasteiger partial charge >= 0.3 is 0 Å². The molecule has 2 bridgehead atoms. The van der Waals surface area contributed by atoms with E-state index in [0.717, 1.165) is 32.1 Å². The van der Waals surface area contributed by atoms with E-state index < -0.39 is 0 Å². The zero-order chi connectivity index (χ0) is 21.2. The Labute approximate surface area is 181 Å². The third-order valence-corrected chi connectivity index (χ3v) is 7.99. The van der Waals surface area contributed by atoms with E-state index in [1.807, 2.05) is 0 Å². The quantitative estimate of drug-likeness (QED) is 0.765. The Kier molecular flexibility index (Phi) is 6.40. The predicted molar refractivity (Wildman–Crippen MR) is 116 cm³/mol. The number of hydrogen-bond donors (Lipinski definition) is 1. The number of nitrogens with one attached hydrogen (secondary N) is 1. The molecular formula is C24H39N3O3. The van der Waals surface area contributed by atoms with Gasteiger partial charge in [-0.15, -0.1) is 0 Å². The van der Waals surface area contributed by atoms with Gasteiger partial charge in [0.15, 0.2) is 0 Å². The first kappa shape index (κ1) is 21.6. The SMILES string of the molecule is CC(=O)NC12CC(C(=O)N3CCN(C4CCCCCCCCCCC4)C(=O)C3)(C1)C2. The minimum Gasteiger partial charge on any atom is -0.351 e. The smallest absolute Gasteiger partial charge is 0.242 e. The highest BCUT2D eigenvalue weighted by atomic mass is 16.2. The Balaban J connectivity index is 1.28. The predicted octanol–water partition coefficient (Wildman–Crippen LogP) is 3.39. The van der Waals surface area contributed by atoms with E-state index in [9.17, 15) is 14.4 Å². The van der Waals surface area contributed by atoms with Gasteiger partial charge in [-0.05, 0) is 32.1 Å². The van der Waals surface area contributed by atoms with Gasteiger partial charge in [-0.2, -0.15) is 0 Å². The normalized spacial score (nSPS) is 33.6. The van der Waals surface area contributed by atoms with Crippen LogP contribution in [0.5, 0.6) is 0 Å². The number of piperazine rings is 1. The van der Waals surface area contributed by atoms with E-state index in [2.05, 4.69) is 10.2 Å². The van der Waals surface area contributed by atoms with Gasteiger partial charge in [0.2, 0.25) is 17.7 Å². The lowest BCUT2D eigenvalue weighted by Gasteiger charge is -2.69. The number of rotatable bonds is 3. The second-order valence-corrected chi connectivity index (χ2v) is 10.5. The Bertz CT molecular complexity index is 645. The van der Waals surface area contributed by atoms with Crippen LogP contribution in [0.2, 0.25) is 0 Å². The second-order valence-electron chi connectivity index (χ2n) is 10.5. The van der Waals surface area contributed by atoms with Crippen molar-refractivity contribution in [3.63, 3.8) is 0 Å². The maximum absolute atomic E-state index is 13.1. The van der Waals surface area contributed by atoms with E-state index in [1.54, 1.807) is 4.90 Å². The van der Waals surface area contributed by atoms with Crippen LogP contribution < -0.4 is 5.32 Å². The third kappa shape index (κ3) is 4.38. The van der Waals surface area contributed by atoms with Crippen molar-refractivity contribution in [3.05, 3.63) is 0 Å². The van der Waals surface area contributed by atoms with E-state index in [0.29, 0.717) is 19.1 Å². The summed E-state index contributed by atoms with van der Waals surface area (Å²) in [4.78, 5) is 41.3. The molecule has 3 amide bonds. The van der Waals surface area contributed by atoms with Gasteiger partial charge < -0.3 is 15.1 Å². The largest absolute Gasteiger partial charge is 0.351 e. The highest BCUT2D eigenvalue weighted by molar-refractivity contribution is 5.92. The summed E-state index contributed by atoms with van der Waals surface area (Å²) in [5, 5.41) is 3.01. The van der Waals surface area contributed by atoms with Crippen molar-refractivity contribution in [3.8, 4) is 0 Å². The van der Waals surface area contributed by atoms with Gasteiger partial charge in [0, 0.05) is 31.6 Å². The van der Waals surface area contributed by atoms with Gasteiger partial charge in [-0.3, -0.25) is 14.4 Å². The molecule has 0 unspecified atom stereocenters. The van der Waals surface area contributed by atoms with Crippen molar-refractivity contribution in [1.29, 1.82) is 0 Å². The molecule has 5 rings (SSSR count). The fourth-order valence-electron chi connectivity index (χ4n) is 6.56. The molecule has 1 N–H and O–H groups in total. The number of nitrogens with zero attached hydrogens (tertiary/aromatic N) is 2. The van der Waals surface area contributed by atoms with Crippen molar-refractivity contribution in [2.24, 2.45) is 5.41 Å². The molecule has 168 valence electrons. The van der Waals surface area contributed by atoms with Crippen LogP contribution >= 0.6 is 0 Å². The number of carbonyl (C=O) groups excluding carboxylic acids is 3. The molecule has 0 aromatic heterocycles. The summed E-state index contributed by atoms with van der Waals surface area (Å²) >= 11 is 0. The lowest BCUT2D eigenvalue weighted by Crippen LogP contribution is -2.78. The first-order valence-electron chi connectivity index (χ1n) is 12.3. The first-order chi connectivity index (χ1) is 14.4. The standard InChI is InChI=1S/C24H39N3O3/c1-19(28)25-24-16-23(17-24,18-24)22(30)26-13-14-27(21(29)15-26)20-11-9-7-5-3-2-4-6-8-10-12-20/h20H,2-18H2,1H3,(H,25,28). The Morgan fingerprint density at radius 2 is 1.40 bits per heavy atom. The van der Waals surface area contributed by atoms with Crippen molar-refractivity contribution in [2.75, 3.05) is 19.6 Å². The molecule has 0 radical (unpaired) electrons. The molecule has 30 heavy (non-hydrogen) atoms. The summed E-state index contributed by atoms with van der Waals surface area (Å²) in [5.74, 6) is 0.257. The Morgan fingerprint density at radius 3 is 1.90 bits per heavy atom. The fourth-order valence-corrected chi connectivity index (χ4v) is 6.56. The maximum atomic E-state index is 13.1. The Hall–Kier alpha value is -1.59. The molecule has 1 aliphatic heterocycles. The summed E-state index contributed by atoms with van der Waals surface area (Å²) < 4.78 is 0. The summed E-state index contributed by atoms with van der Waals surface area (Å²) in [6, 6.07) is 0.354. The van der Waals surface area contributed by atoms with Crippen molar-refractivity contribution < 1.29 is 14.4 Å². The molecular weight excluding hydrogens is 378 g/mol. The minimum atomic E-state index is -0.307. The lowest BCUT2D eigenvalue weighted by atomic mass is 9.39. The molecule has 1 saturated heterocycles. The molecule has 0 atom stereocenters. The molecule has 5 aliphatic rings. The van der Waals surface area contributed by atoms with E-state index in [4.69, 9.17) is 0 Å². The average molecular weight is 418 g/mol. The van der Waals surface area contributed by atoms with Crippen LogP contribution in [0.25, 0.3) is 0 Å². The highest BCUT2D eigenvalue weighted by Gasteiger charge is 2.72. The summed E-state index contributed by atoms with van der Waals surface area (Å²) in [5.41, 5.74) is -0.445. The molecule has 0 aromatic carbocycles. The van der Waals surface area contributed by atoms with Gasteiger partial charge in [-0.1, -0.05) is 57.8 Å². The molecule has 6 heteroatoms. The van der Waals surface area contributed by atoms with Crippen LogP contribution in [0.4, 0.5) is 0 Å². The lowest BCUT2D eigenvalue weighted by molar-refractivity contribution is -0.195. The van der Waals surface area contributed by atoms with Crippen LogP contribution in [0, 0.1) is 5.41 Å². The highest BCUT2D eigenvalue weighted by Crippen LogP contribution is 2.67. The van der Waals surface area contributed by atoms with Crippen LogP contribution in [0.3, 0.4) is 0 Å². The molecule has 0 aromatic rings. The van der Waals surface area contributed by atoms with Gasteiger partial charge in [-0.25, -0.2) is 0 Å². The Morgan fingerprint density at radius 1 is 0.867 bits per heavy atom. The molecule has 5 fully saturated rings. The van der Waals surface area contributed by atoms with Crippen LogP contribution in [-0.2, 0) is 14.4 Å². The van der Waals surface area contributed by atoms with Gasteiger partial charge in [0.25, 0.3) is 0 Å². The summed E-state index contributed by atoms with van der Waals surface area (Å²) in [7, 11) is 0. The van der Waals surface area contributed by atoms with Crippen LogP contribution in [0.1, 0.15) is 96.8 Å². The molecule has 4 aliphatic carbocycles. The minimum absolute atomic E-state index is 0.0171. The molecule has 4 saturated carbocycles.